The van der Waals surface area contributed by atoms with E-state index in [1.54, 1.807) is 47.1 Å². The summed E-state index contributed by atoms with van der Waals surface area (Å²) < 4.78 is 7.71. The van der Waals surface area contributed by atoms with Gasteiger partial charge in [0, 0.05) is 23.2 Å². The number of benzene rings is 2. The number of hydrogen-bond acceptors (Lipinski definition) is 7. The lowest BCUT2D eigenvalue weighted by Crippen LogP contribution is -2.21. The van der Waals surface area contributed by atoms with Crippen molar-refractivity contribution in [2.24, 2.45) is 5.92 Å². The third-order valence-corrected chi connectivity index (χ3v) is 6.45. The van der Waals surface area contributed by atoms with Crippen LogP contribution >= 0.6 is 0 Å². The molecule has 0 radical (unpaired) electrons. The Morgan fingerprint density at radius 2 is 2.03 bits per heavy atom. The first kappa shape index (κ1) is 24.3. The Bertz CT molecular complexity index is 1520. The van der Waals surface area contributed by atoms with Crippen LogP contribution in [-0.4, -0.2) is 31.8 Å². The van der Waals surface area contributed by atoms with Crippen LogP contribution in [-0.2, 0) is 5.41 Å². The van der Waals surface area contributed by atoms with Gasteiger partial charge in [-0.25, -0.2) is 4.52 Å². The quantitative estimate of drug-likeness (QED) is 0.292. The van der Waals surface area contributed by atoms with Crippen LogP contribution in [0.5, 0.6) is 11.5 Å². The summed E-state index contributed by atoms with van der Waals surface area (Å²) in [6.45, 7) is 5.56. The molecule has 0 saturated heterocycles. The van der Waals surface area contributed by atoms with Crippen LogP contribution < -0.4 is 15.4 Å². The van der Waals surface area contributed by atoms with Gasteiger partial charge in [-0.15, -0.1) is 5.10 Å². The lowest BCUT2D eigenvalue weighted by atomic mass is 9.85. The fraction of sp³-hybridized carbons (Fsp3) is 0.286. The maximum absolute atomic E-state index is 12.9. The van der Waals surface area contributed by atoms with E-state index < -0.39 is 11.6 Å². The van der Waals surface area contributed by atoms with E-state index in [1.165, 1.54) is 0 Å². The number of aliphatic hydroxyl groups is 1. The van der Waals surface area contributed by atoms with Crippen molar-refractivity contribution in [2.75, 3.05) is 10.6 Å². The highest BCUT2D eigenvalue weighted by molar-refractivity contribution is 6.04. The zero-order valence-electron chi connectivity index (χ0n) is 20.9. The van der Waals surface area contributed by atoms with E-state index in [4.69, 9.17) is 4.74 Å². The standard InChI is InChI=1S/C28H28N6O3/c1-17-7-10-21(30-26(36)19-5-4-6-20(13-19)28(2,3)16-29)14-23(17)37-22-11-12-24-31-27(33-34(24)15-22)32-25(35)18-8-9-18/h4-7,10-15,18,25,35H,8-9H2,1-3H3,(H,30,36)(H,32,33). The van der Waals surface area contributed by atoms with Crippen molar-refractivity contribution in [1.82, 2.24) is 14.6 Å². The molecule has 5 rings (SSSR count). The highest BCUT2D eigenvalue weighted by Crippen LogP contribution is 2.33. The molecule has 1 saturated carbocycles. The Morgan fingerprint density at radius 3 is 2.78 bits per heavy atom. The summed E-state index contributed by atoms with van der Waals surface area (Å²) in [5, 5.41) is 29.8. The maximum Gasteiger partial charge on any atom is 0.255 e. The molecule has 3 N–H and O–H groups in total. The van der Waals surface area contributed by atoms with E-state index in [9.17, 15) is 15.2 Å². The van der Waals surface area contributed by atoms with Crippen molar-refractivity contribution >= 4 is 23.2 Å². The van der Waals surface area contributed by atoms with Crippen molar-refractivity contribution in [1.29, 1.82) is 5.26 Å². The number of amides is 1. The van der Waals surface area contributed by atoms with Gasteiger partial charge in [0.15, 0.2) is 5.65 Å². The molecule has 1 atom stereocenters. The number of rotatable bonds is 8. The predicted octanol–water partition coefficient (Wildman–Crippen LogP) is 5.02. The number of aliphatic hydroxyl groups excluding tert-OH is 1. The lowest BCUT2D eigenvalue weighted by molar-refractivity contribution is 0.102. The molecule has 2 heterocycles. The first-order chi connectivity index (χ1) is 17.7. The molecule has 0 spiro atoms. The van der Waals surface area contributed by atoms with Crippen molar-refractivity contribution in [3.8, 4) is 17.6 Å². The van der Waals surface area contributed by atoms with Crippen LogP contribution in [0.3, 0.4) is 0 Å². The Hall–Kier alpha value is -4.42. The average Bonchev–Trinajstić information content (AvgIpc) is 3.67. The molecule has 1 amide bonds. The van der Waals surface area contributed by atoms with E-state index in [2.05, 4.69) is 26.8 Å². The third-order valence-electron chi connectivity index (χ3n) is 6.45. The van der Waals surface area contributed by atoms with Crippen LogP contribution in [0.4, 0.5) is 11.6 Å². The minimum atomic E-state index is -0.694. The molecule has 1 aliphatic carbocycles. The zero-order chi connectivity index (χ0) is 26.2. The zero-order valence-corrected chi connectivity index (χ0v) is 20.9. The molecule has 9 nitrogen and oxygen atoms in total. The Labute approximate surface area is 214 Å². The number of aromatic nitrogens is 3. The summed E-state index contributed by atoms with van der Waals surface area (Å²) in [7, 11) is 0. The number of aryl methyl sites for hydroxylation is 1. The van der Waals surface area contributed by atoms with E-state index in [1.807, 2.05) is 39.0 Å². The van der Waals surface area contributed by atoms with Crippen molar-refractivity contribution in [3.05, 3.63) is 77.5 Å². The highest BCUT2D eigenvalue weighted by atomic mass is 16.5. The van der Waals surface area contributed by atoms with Gasteiger partial charge in [-0.1, -0.05) is 18.2 Å². The smallest absolute Gasteiger partial charge is 0.255 e. The number of carbonyl (C=O) groups is 1. The number of anilines is 2. The molecule has 2 aromatic heterocycles. The Morgan fingerprint density at radius 1 is 1.22 bits per heavy atom. The van der Waals surface area contributed by atoms with Crippen molar-refractivity contribution in [3.63, 3.8) is 0 Å². The van der Waals surface area contributed by atoms with Crippen molar-refractivity contribution in [2.45, 2.75) is 45.3 Å². The van der Waals surface area contributed by atoms with Gasteiger partial charge < -0.3 is 20.5 Å². The molecule has 1 aliphatic rings. The highest BCUT2D eigenvalue weighted by Gasteiger charge is 2.30. The van der Waals surface area contributed by atoms with Gasteiger partial charge in [-0.2, -0.15) is 10.2 Å². The van der Waals surface area contributed by atoms with Crippen LogP contribution in [0.15, 0.2) is 60.8 Å². The largest absolute Gasteiger partial charge is 0.455 e. The normalized spacial score (nSPS) is 14.1. The molecule has 9 heteroatoms. The minimum absolute atomic E-state index is 0.259. The summed E-state index contributed by atoms with van der Waals surface area (Å²) in [6, 6.07) is 18.4. The van der Waals surface area contributed by atoms with E-state index in [0.29, 0.717) is 34.3 Å². The summed E-state index contributed by atoms with van der Waals surface area (Å²) in [5.74, 6) is 1.47. The summed E-state index contributed by atoms with van der Waals surface area (Å²) >= 11 is 0. The second kappa shape index (κ2) is 9.56. The van der Waals surface area contributed by atoms with Crippen molar-refractivity contribution < 1.29 is 14.6 Å². The van der Waals surface area contributed by atoms with Crippen LogP contribution in [0.1, 0.15) is 48.2 Å². The summed E-state index contributed by atoms with van der Waals surface area (Å²) in [4.78, 5) is 17.3. The second-order valence-electron chi connectivity index (χ2n) is 9.88. The fourth-order valence-electron chi connectivity index (χ4n) is 3.88. The summed E-state index contributed by atoms with van der Waals surface area (Å²) in [5.41, 5.74) is 2.65. The third kappa shape index (κ3) is 5.39. The number of ether oxygens (including phenoxy) is 1. The first-order valence-electron chi connectivity index (χ1n) is 12.1. The fourth-order valence-corrected chi connectivity index (χ4v) is 3.88. The van der Waals surface area contributed by atoms with Gasteiger partial charge >= 0.3 is 0 Å². The first-order valence-corrected chi connectivity index (χ1v) is 12.1. The maximum atomic E-state index is 12.9. The number of carbonyl (C=O) groups excluding carboxylic acids is 1. The molecule has 4 aromatic rings. The SMILES string of the molecule is Cc1ccc(NC(=O)c2cccc(C(C)(C)C#N)c2)cc1Oc1ccc2nc(NC(O)C3CC3)nn2c1. The van der Waals surface area contributed by atoms with E-state index >= 15 is 0 Å². The number of nitrogens with zero attached hydrogens (tertiary/aromatic N) is 4. The number of nitrogens with one attached hydrogen (secondary N) is 2. The van der Waals surface area contributed by atoms with Gasteiger partial charge in [0.1, 0.15) is 17.7 Å². The monoisotopic (exact) mass is 496 g/mol. The molecule has 1 unspecified atom stereocenters. The van der Waals surface area contributed by atoms with Crippen LogP contribution in [0, 0.1) is 24.2 Å². The Kier molecular flexibility index (Phi) is 6.27. The number of pyridine rings is 1. The van der Waals surface area contributed by atoms with Crippen LogP contribution in [0.25, 0.3) is 5.65 Å². The summed E-state index contributed by atoms with van der Waals surface area (Å²) in [6.07, 6.45) is 3.08. The predicted molar refractivity (Wildman–Crippen MR) is 140 cm³/mol. The van der Waals surface area contributed by atoms with E-state index in [0.717, 1.165) is 24.0 Å². The molecule has 0 bridgehead atoms. The second-order valence-corrected chi connectivity index (χ2v) is 9.88. The number of nitriles is 1. The van der Waals surface area contributed by atoms with Gasteiger partial charge in [-0.05, 0) is 75.1 Å². The minimum Gasteiger partial charge on any atom is -0.455 e. The van der Waals surface area contributed by atoms with E-state index in [-0.39, 0.29) is 11.8 Å². The lowest BCUT2D eigenvalue weighted by Gasteiger charge is -2.16. The molecule has 1 fully saturated rings. The van der Waals surface area contributed by atoms with Gasteiger partial charge in [-0.3, -0.25) is 4.79 Å². The van der Waals surface area contributed by atoms with Gasteiger partial charge in [0.25, 0.3) is 5.91 Å². The van der Waals surface area contributed by atoms with Crippen LogP contribution in [0.2, 0.25) is 0 Å². The molecule has 2 aromatic carbocycles. The molecular weight excluding hydrogens is 468 g/mol. The molecule has 188 valence electrons. The van der Waals surface area contributed by atoms with Gasteiger partial charge in [0.05, 0.1) is 17.7 Å². The molecular formula is C28H28N6O3. The molecule has 37 heavy (non-hydrogen) atoms. The van der Waals surface area contributed by atoms with Gasteiger partial charge in [0.2, 0.25) is 5.95 Å². The topological polar surface area (TPSA) is 125 Å². The average molecular weight is 497 g/mol. The number of hydrogen-bond donors (Lipinski definition) is 3. The molecule has 0 aliphatic heterocycles. The number of fused-ring (bicyclic) bond motifs is 1. The Balaban J connectivity index is 1.31.